The molecule has 0 bridgehead atoms. The number of rotatable bonds is 1. The minimum Gasteiger partial charge on any atom is -0.403 e. The SMILES string of the molecule is C=C1C=c2ccccc2=NN1/C=C\N. The lowest BCUT2D eigenvalue weighted by atomic mass is 10.2. The smallest absolute Gasteiger partial charge is 0.0913 e. The lowest BCUT2D eigenvalue weighted by molar-refractivity contribution is 0.495. The number of fused-ring (bicyclic) bond motifs is 1. The quantitative estimate of drug-likeness (QED) is 0.682. The standard InChI is InChI=1S/C11H11N3/c1-9-8-10-4-2-3-5-11(10)13-14(9)7-6-12/h2-8H,1,12H2/b7-6-. The molecule has 0 fully saturated rings. The van der Waals surface area contributed by atoms with Crippen LogP contribution in [0.4, 0.5) is 0 Å². The number of hydrogen-bond donors (Lipinski definition) is 1. The van der Waals surface area contributed by atoms with Gasteiger partial charge in [0.25, 0.3) is 0 Å². The molecule has 70 valence electrons. The predicted molar refractivity (Wildman–Crippen MR) is 56.0 cm³/mol. The third-order valence-corrected chi connectivity index (χ3v) is 2.00. The first-order chi connectivity index (χ1) is 6.81. The van der Waals surface area contributed by atoms with Crippen molar-refractivity contribution in [3.05, 3.63) is 59.5 Å². The molecular weight excluding hydrogens is 174 g/mol. The maximum Gasteiger partial charge on any atom is 0.0913 e. The van der Waals surface area contributed by atoms with Crippen molar-refractivity contribution < 1.29 is 0 Å². The van der Waals surface area contributed by atoms with Crippen molar-refractivity contribution in [1.82, 2.24) is 5.01 Å². The summed E-state index contributed by atoms with van der Waals surface area (Å²) < 4.78 is 0. The van der Waals surface area contributed by atoms with E-state index in [-0.39, 0.29) is 0 Å². The first-order valence-corrected chi connectivity index (χ1v) is 4.33. The van der Waals surface area contributed by atoms with Crippen LogP contribution in [0.2, 0.25) is 0 Å². The molecule has 1 heterocycles. The molecule has 0 aliphatic carbocycles. The zero-order valence-corrected chi connectivity index (χ0v) is 7.72. The van der Waals surface area contributed by atoms with E-state index in [1.165, 1.54) is 6.20 Å². The van der Waals surface area contributed by atoms with Crippen LogP contribution in [0.15, 0.2) is 54.0 Å². The van der Waals surface area contributed by atoms with E-state index in [0.717, 1.165) is 16.3 Å². The number of hydrogen-bond acceptors (Lipinski definition) is 3. The fourth-order valence-corrected chi connectivity index (χ4v) is 1.34. The van der Waals surface area contributed by atoms with E-state index in [9.17, 15) is 0 Å². The Morgan fingerprint density at radius 2 is 2.14 bits per heavy atom. The fourth-order valence-electron chi connectivity index (χ4n) is 1.34. The molecule has 0 amide bonds. The second-order valence-corrected chi connectivity index (χ2v) is 2.98. The molecule has 0 atom stereocenters. The first kappa shape index (κ1) is 8.56. The van der Waals surface area contributed by atoms with Crippen molar-refractivity contribution >= 4 is 6.08 Å². The number of nitrogens with two attached hydrogens (primary N) is 1. The van der Waals surface area contributed by atoms with Crippen LogP contribution in [0.3, 0.4) is 0 Å². The number of nitrogens with zero attached hydrogens (tertiary/aromatic N) is 2. The molecule has 2 rings (SSSR count). The topological polar surface area (TPSA) is 41.6 Å². The molecular formula is C11H11N3. The van der Waals surface area contributed by atoms with Crippen molar-refractivity contribution in [3.8, 4) is 0 Å². The normalized spacial score (nSPS) is 14.9. The van der Waals surface area contributed by atoms with Gasteiger partial charge in [0.15, 0.2) is 0 Å². The molecule has 3 nitrogen and oxygen atoms in total. The van der Waals surface area contributed by atoms with Crippen LogP contribution < -0.4 is 16.3 Å². The zero-order valence-electron chi connectivity index (χ0n) is 7.72. The summed E-state index contributed by atoms with van der Waals surface area (Å²) in [6.07, 6.45) is 5.09. The Balaban J connectivity index is 2.61. The molecule has 2 N–H and O–H groups in total. The third-order valence-electron chi connectivity index (χ3n) is 2.00. The summed E-state index contributed by atoms with van der Waals surface area (Å²) in [5.74, 6) is 0. The molecule has 14 heavy (non-hydrogen) atoms. The number of benzene rings is 1. The Morgan fingerprint density at radius 3 is 2.93 bits per heavy atom. The Kier molecular flexibility index (Phi) is 2.07. The molecule has 1 aromatic carbocycles. The van der Waals surface area contributed by atoms with E-state index < -0.39 is 0 Å². The summed E-state index contributed by atoms with van der Waals surface area (Å²) in [4.78, 5) is 0. The van der Waals surface area contributed by atoms with Gasteiger partial charge >= 0.3 is 0 Å². The van der Waals surface area contributed by atoms with Gasteiger partial charge in [0.05, 0.1) is 11.1 Å². The molecule has 0 saturated heterocycles. The van der Waals surface area contributed by atoms with E-state index in [1.807, 2.05) is 30.3 Å². The lowest BCUT2D eigenvalue weighted by Gasteiger charge is -2.16. The van der Waals surface area contributed by atoms with Gasteiger partial charge in [0.2, 0.25) is 0 Å². The van der Waals surface area contributed by atoms with Crippen molar-refractivity contribution in [2.45, 2.75) is 0 Å². The average Bonchev–Trinajstić information content (AvgIpc) is 2.19. The van der Waals surface area contributed by atoms with E-state index in [0.29, 0.717) is 0 Å². The highest BCUT2D eigenvalue weighted by Gasteiger charge is 2.03. The Labute approximate surface area is 82.1 Å². The molecule has 0 radical (unpaired) electrons. The van der Waals surface area contributed by atoms with Gasteiger partial charge in [-0.2, -0.15) is 5.10 Å². The second kappa shape index (κ2) is 3.38. The second-order valence-electron chi connectivity index (χ2n) is 2.98. The van der Waals surface area contributed by atoms with Crippen molar-refractivity contribution in [2.75, 3.05) is 0 Å². The highest BCUT2D eigenvalue weighted by Crippen LogP contribution is 2.05. The molecule has 1 aromatic rings. The van der Waals surface area contributed by atoms with Gasteiger partial charge in [-0.25, -0.2) is 5.01 Å². The van der Waals surface area contributed by atoms with Gasteiger partial charge in [-0.15, -0.1) is 0 Å². The van der Waals surface area contributed by atoms with Gasteiger partial charge in [-0.05, 0) is 12.1 Å². The largest absolute Gasteiger partial charge is 0.403 e. The summed E-state index contributed by atoms with van der Waals surface area (Å²) in [6.45, 7) is 3.88. The minimum atomic E-state index is 0.811. The summed E-state index contributed by atoms with van der Waals surface area (Å²) in [5, 5.41) is 8.02. The maximum atomic E-state index is 5.30. The van der Waals surface area contributed by atoms with Crippen LogP contribution >= 0.6 is 0 Å². The van der Waals surface area contributed by atoms with E-state index in [1.54, 1.807) is 11.2 Å². The molecule has 0 unspecified atom stereocenters. The Hall–Kier alpha value is -2.03. The highest BCUT2D eigenvalue weighted by atomic mass is 15.4. The van der Waals surface area contributed by atoms with Gasteiger partial charge in [0, 0.05) is 17.6 Å². The minimum absolute atomic E-state index is 0.811. The Bertz CT molecular complexity index is 500. The molecule has 0 spiro atoms. The molecule has 0 aromatic heterocycles. The first-order valence-electron chi connectivity index (χ1n) is 4.33. The van der Waals surface area contributed by atoms with Crippen LogP contribution in [0.25, 0.3) is 6.08 Å². The summed E-state index contributed by atoms with van der Waals surface area (Å²) in [5.41, 5.74) is 6.11. The molecule has 0 saturated carbocycles. The Morgan fingerprint density at radius 1 is 1.36 bits per heavy atom. The van der Waals surface area contributed by atoms with Gasteiger partial charge in [-0.3, -0.25) is 0 Å². The van der Waals surface area contributed by atoms with Crippen LogP contribution in [-0.4, -0.2) is 5.01 Å². The molecule has 1 aliphatic rings. The molecule has 1 aliphatic heterocycles. The monoisotopic (exact) mass is 185 g/mol. The summed E-state index contributed by atoms with van der Waals surface area (Å²) in [6, 6.07) is 7.89. The van der Waals surface area contributed by atoms with Gasteiger partial charge < -0.3 is 5.73 Å². The molecule has 3 heteroatoms. The maximum absolute atomic E-state index is 5.30. The number of allylic oxidation sites excluding steroid dienone is 1. The van der Waals surface area contributed by atoms with Crippen LogP contribution in [0.5, 0.6) is 0 Å². The van der Waals surface area contributed by atoms with E-state index >= 15 is 0 Å². The van der Waals surface area contributed by atoms with Crippen molar-refractivity contribution in [1.29, 1.82) is 0 Å². The van der Waals surface area contributed by atoms with Gasteiger partial charge in [-0.1, -0.05) is 24.8 Å². The van der Waals surface area contributed by atoms with Crippen molar-refractivity contribution in [3.63, 3.8) is 0 Å². The zero-order chi connectivity index (χ0) is 9.97. The highest BCUT2D eigenvalue weighted by molar-refractivity contribution is 5.45. The van der Waals surface area contributed by atoms with Crippen molar-refractivity contribution in [2.24, 2.45) is 10.8 Å². The average molecular weight is 185 g/mol. The van der Waals surface area contributed by atoms with Crippen LogP contribution in [0, 0.1) is 0 Å². The summed E-state index contributed by atoms with van der Waals surface area (Å²) in [7, 11) is 0. The lowest BCUT2D eigenvalue weighted by Crippen LogP contribution is -2.32. The summed E-state index contributed by atoms with van der Waals surface area (Å²) >= 11 is 0. The predicted octanol–water partition coefficient (Wildman–Crippen LogP) is 0.261. The van der Waals surface area contributed by atoms with E-state index in [4.69, 9.17) is 5.73 Å². The fraction of sp³-hybridized carbons (Fsp3) is 0. The van der Waals surface area contributed by atoms with E-state index in [2.05, 4.69) is 11.7 Å². The van der Waals surface area contributed by atoms with Gasteiger partial charge in [0.1, 0.15) is 0 Å². The van der Waals surface area contributed by atoms with Crippen LogP contribution in [-0.2, 0) is 0 Å². The van der Waals surface area contributed by atoms with Crippen LogP contribution in [0.1, 0.15) is 0 Å². The third kappa shape index (κ3) is 1.40.